The fourth-order valence-electron chi connectivity index (χ4n) is 2.06. The number of hydrogen-bond donors (Lipinski definition) is 2. The summed E-state index contributed by atoms with van der Waals surface area (Å²) >= 11 is 0. The Bertz CT molecular complexity index is 448. The highest BCUT2D eigenvalue weighted by molar-refractivity contribution is 5.84. The van der Waals surface area contributed by atoms with Gasteiger partial charge in [-0.3, -0.25) is 4.79 Å². The van der Waals surface area contributed by atoms with Crippen molar-refractivity contribution in [1.82, 2.24) is 5.32 Å². The third-order valence-corrected chi connectivity index (χ3v) is 3.50. The number of alkyl halides is 3. The summed E-state index contributed by atoms with van der Waals surface area (Å²) in [5.41, 5.74) is 0.755. The molecule has 3 atom stereocenters. The fraction of sp³-hybridized carbons (Fsp3) is 0.533. The molecule has 1 aromatic carbocycles. The van der Waals surface area contributed by atoms with Crippen LogP contribution in [0.2, 0.25) is 0 Å². The molecule has 0 aliphatic carbocycles. The lowest BCUT2D eigenvalue weighted by Gasteiger charge is -2.24. The maximum atomic E-state index is 12.2. The minimum Gasteiger partial charge on any atom is -0.382 e. The van der Waals surface area contributed by atoms with Gasteiger partial charge < -0.3 is 10.4 Å². The largest absolute Gasteiger partial charge is 0.416 e. The zero-order valence-electron chi connectivity index (χ0n) is 12.0. The Morgan fingerprint density at radius 2 is 1.86 bits per heavy atom. The minimum absolute atomic E-state index is 0.0181. The lowest BCUT2D eigenvalue weighted by molar-refractivity contribution is -0.201. The number of amides is 1. The van der Waals surface area contributed by atoms with Crippen LogP contribution in [0.5, 0.6) is 0 Å². The first kappa shape index (κ1) is 17.5. The summed E-state index contributed by atoms with van der Waals surface area (Å²) in [4.78, 5) is 12.2. The van der Waals surface area contributed by atoms with Crippen LogP contribution in [-0.2, 0) is 4.79 Å². The summed E-state index contributed by atoms with van der Waals surface area (Å²) in [5, 5.41) is 11.1. The molecule has 0 aliphatic heterocycles. The van der Waals surface area contributed by atoms with Crippen LogP contribution in [0.15, 0.2) is 30.3 Å². The molecule has 1 aromatic rings. The summed E-state index contributed by atoms with van der Waals surface area (Å²) in [6.07, 6.45) is -6.56. The fourth-order valence-corrected chi connectivity index (χ4v) is 2.06. The van der Waals surface area contributed by atoms with Crippen molar-refractivity contribution >= 4 is 5.91 Å². The number of nitrogens with one attached hydrogen (secondary N) is 1. The first-order valence-electron chi connectivity index (χ1n) is 6.84. The van der Waals surface area contributed by atoms with Crippen LogP contribution >= 0.6 is 0 Å². The predicted molar refractivity (Wildman–Crippen MR) is 73.7 cm³/mol. The van der Waals surface area contributed by atoms with E-state index in [-0.39, 0.29) is 5.92 Å². The monoisotopic (exact) mass is 303 g/mol. The second kappa shape index (κ2) is 7.45. The summed E-state index contributed by atoms with van der Waals surface area (Å²) in [5.74, 6) is -1.05. The summed E-state index contributed by atoms with van der Waals surface area (Å²) in [6, 6.07) is 8.92. The number of benzene rings is 1. The highest BCUT2D eigenvalue weighted by Gasteiger charge is 2.38. The molecule has 0 saturated heterocycles. The Labute approximate surface area is 122 Å². The first-order valence-corrected chi connectivity index (χ1v) is 6.84. The van der Waals surface area contributed by atoms with Gasteiger partial charge in [0.2, 0.25) is 5.91 Å². The van der Waals surface area contributed by atoms with Gasteiger partial charge in [-0.05, 0) is 11.5 Å². The molecule has 3 nitrogen and oxygen atoms in total. The topological polar surface area (TPSA) is 49.3 Å². The number of halogens is 3. The van der Waals surface area contributed by atoms with Crippen molar-refractivity contribution in [3.05, 3.63) is 35.9 Å². The number of carbonyl (C=O) groups excluding carboxylic acids is 1. The molecule has 0 spiro atoms. The average Bonchev–Trinajstić information content (AvgIpc) is 2.44. The summed E-state index contributed by atoms with van der Waals surface area (Å²) < 4.78 is 36.7. The van der Waals surface area contributed by atoms with Gasteiger partial charge in [-0.25, -0.2) is 0 Å². The smallest absolute Gasteiger partial charge is 0.382 e. The molecule has 0 heterocycles. The molecule has 21 heavy (non-hydrogen) atoms. The Morgan fingerprint density at radius 1 is 1.29 bits per heavy atom. The molecule has 0 bridgehead atoms. The molecule has 118 valence electrons. The van der Waals surface area contributed by atoms with E-state index < -0.39 is 30.7 Å². The van der Waals surface area contributed by atoms with Gasteiger partial charge >= 0.3 is 6.18 Å². The van der Waals surface area contributed by atoms with Crippen molar-refractivity contribution in [2.45, 2.75) is 38.5 Å². The van der Waals surface area contributed by atoms with Crippen molar-refractivity contribution in [2.24, 2.45) is 5.92 Å². The van der Waals surface area contributed by atoms with Gasteiger partial charge in [-0.1, -0.05) is 50.6 Å². The highest BCUT2D eigenvalue weighted by atomic mass is 19.4. The van der Waals surface area contributed by atoms with E-state index in [0.717, 1.165) is 12.0 Å². The second-order valence-corrected chi connectivity index (χ2v) is 5.08. The van der Waals surface area contributed by atoms with Crippen molar-refractivity contribution in [3.8, 4) is 0 Å². The van der Waals surface area contributed by atoms with E-state index >= 15 is 0 Å². The molecule has 0 radical (unpaired) electrons. The van der Waals surface area contributed by atoms with E-state index in [9.17, 15) is 18.0 Å². The number of rotatable bonds is 6. The van der Waals surface area contributed by atoms with Crippen LogP contribution in [-0.4, -0.2) is 29.8 Å². The van der Waals surface area contributed by atoms with Gasteiger partial charge in [0.15, 0.2) is 6.10 Å². The Morgan fingerprint density at radius 3 is 2.33 bits per heavy atom. The van der Waals surface area contributed by atoms with Gasteiger partial charge in [0.05, 0.1) is 12.5 Å². The predicted octanol–water partition coefficient (Wildman–Crippen LogP) is 2.86. The molecule has 6 heteroatoms. The molecule has 0 saturated carbocycles. The lowest BCUT2D eigenvalue weighted by Crippen LogP contribution is -2.43. The Balaban J connectivity index is 2.79. The normalized spacial score (nSPS) is 16.1. The van der Waals surface area contributed by atoms with Crippen LogP contribution in [0, 0.1) is 5.92 Å². The maximum absolute atomic E-state index is 12.2. The zero-order valence-corrected chi connectivity index (χ0v) is 12.0. The van der Waals surface area contributed by atoms with Crippen molar-refractivity contribution in [2.75, 3.05) is 6.54 Å². The van der Waals surface area contributed by atoms with Crippen molar-refractivity contribution in [3.63, 3.8) is 0 Å². The first-order chi connectivity index (χ1) is 9.77. The van der Waals surface area contributed by atoms with Gasteiger partial charge in [0.1, 0.15) is 0 Å². The second-order valence-electron chi connectivity index (χ2n) is 5.08. The quantitative estimate of drug-likeness (QED) is 0.849. The third-order valence-electron chi connectivity index (χ3n) is 3.50. The van der Waals surface area contributed by atoms with Crippen LogP contribution < -0.4 is 5.32 Å². The van der Waals surface area contributed by atoms with Gasteiger partial charge in [0, 0.05) is 0 Å². The van der Waals surface area contributed by atoms with E-state index in [1.165, 1.54) is 0 Å². The molecule has 0 aliphatic rings. The zero-order chi connectivity index (χ0) is 16.0. The SMILES string of the molecule is CCC(C)C(C(=O)NCC(O)C(F)(F)F)c1ccccc1. The van der Waals surface area contributed by atoms with Crippen LogP contribution in [0.1, 0.15) is 31.7 Å². The van der Waals surface area contributed by atoms with Crippen LogP contribution in [0.25, 0.3) is 0 Å². The van der Waals surface area contributed by atoms with Gasteiger partial charge in [-0.15, -0.1) is 0 Å². The summed E-state index contributed by atoms with van der Waals surface area (Å²) in [6.45, 7) is 2.96. The van der Waals surface area contributed by atoms with E-state index in [0.29, 0.717) is 0 Å². The Hall–Kier alpha value is -1.56. The Kier molecular flexibility index (Phi) is 6.20. The number of carbonyl (C=O) groups is 1. The van der Waals surface area contributed by atoms with E-state index in [4.69, 9.17) is 5.11 Å². The highest BCUT2D eigenvalue weighted by Crippen LogP contribution is 2.27. The molecule has 1 rings (SSSR count). The van der Waals surface area contributed by atoms with E-state index in [1.807, 2.05) is 19.9 Å². The minimum atomic E-state index is -4.73. The summed E-state index contributed by atoms with van der Waals surface area (Å²) in [7, 11) is 0. The van der Waals surface area contributed by atoms with E-state index in [1.54, 1.807) is 24.3 Å². The lowest BCUT2D eigenvalue weighted by atomic mass is 9.85. The molecule has 2 N–H and O–H groups in total. The van der Waals surface area contributed by atoms with Gasteiger partial charge in [-0.2, -0.15) is 13.2 Å². The number of aliphatic hydroxyl groups is 1. The molecule has 0 fully saturated rings. The molecular formula is C15H20F3NO2. The van der Waals surface area contributed by atoms with Gasteiger partial charge in [0.25, 0.3) is 0 Å². The molecule has 0 aromatic heterocycles. The molecule has 1 amide bonds. The van der Waals surface area contributed by atoms with Crippen LogP contribution in [0.4, 0.5) is 13.2 Å². The van der Waals surface area contributed by atoms with Crippen molar-refractivity contribution in [1.29, 1.82) is 0 Å². The maximum Gasteiger partial charge on any atom is 0.416 e. The average molecular weight is 303 g/mol. The molecular weight excluding hydrogens is 283 g/mol. The standard InChI is InChI=1S/C15H20F3NO2/c1-3-10(2)13(11-7-5-4-6-8-11)14(21)19-9-12(20)15(16,17)18/h4-8,10,12-13,20H,3,9H2,1-2H3,(H,19,21). The third kappa shape index (κ3) is 5.04. The number of hydrogen-bond acceptors (Lipinski definition) is 2. The molecule has 3 unspecified atom stereocenters. The van der Waals surface area contributed by atoms with Crippen LogP contribution in [0.3, 0.4) is 0 Å². The number of aliphatic hydroxyl groups excluding tert-OH is 1. The van der Waals surface area contributed by atoms with E-state index in [2.05, 4.69) is 5.32 Å². The van der Waals surface area contributed by atoms with Crippen molar-refractivity contribution < 1.29 is 23.1 Å².